The Kier molecular flexibility index (Phi) is 8.39. The molecule has 2 saturated heterocycles. The highest BCUT2D eigenvalue weighted by Crippen LogP contribution is 2.39. The molecule has 0 atom stereocenters. The number of nitrogens with one attached hydrogen (secondary N) is 3. The van der Waals surface area contributed by atoms with Crippen LogP contribution in [0.5, 0.6) is 0 Å². The maximum Gasteiger partial charge on any atom is 0.315 e. The van der Waals surface area contributed by atoms with Crippen molar-refractivity contribution in [2.75, 3.05) is 0 Å². The van der Waals surface area contributed by atoms with Gasteiger partial charge in [-0.1, -0.05) is 24.3 Å². The Morgan fingerprint density at radius 1 is 0.667 bits per heavy atom. The molecule has 2 fully saturated rings. The Bertz CT molecular complexity index is 993. The van der Waals surface area contributed by atoms with Crippen LogP contribution in [0.15, 0.2) is 24.3 Å². The fraction of sp³-hybridized carbons (Fsp3) is 0.774. The molecule has 2 radical (unpaired) electrons. The molecule has 3 rings (SSSR count). The first kappa shape index (κ1) is 31.8. The van der Waals surface area contributed by atoms with Crippen molar-refractivity contribution in [3.05, 3.63) is 35.4 Å². The number of amides is 2. The molecule has 2 heterocycles. The molecule has 39 heavy (non-hydrogen) atoms. The van der Waals surface area contributed by atoms with Crippen LogP contribution in [0.4, 0.5) is 4.79 Å². The fourth-order valence-electron chi connectivity index (χ4n) is 7.21. The van der Waals surface area contributed by atoms with Crippen molar-refractivity contribution in [3.63, 3.8) is 0 Å². The van der Waals surface area contributed by atoms with Crippen molar-refractivity contribution >= 4 is 6.03 Å². The summed E-state index contributed by atoms with van der Waals surface area (Å²) in [6, 6.07) is 8.32. The third kappa shape index (κ3) is 6.96. The van der Waals surface area contributed by atoms with E-state index >= 15 is 0 Å². The number of rotatable bonds is 6. The van der Waals surface area contributed by atoms with Gasteiger partial charge in [0, 0.05) is 39.8 Å². The van der Waals surface area contributed by atoms with Gasteiger partial charge in [0.05, 0.1) is 5.54 Å². The molecule has 0 aromatic heterocycles. The minimum atomic E-state index is -0.584. The first-order chi connectivity index (χ1) is 17.5. The van der Waals surface area contributed by atoms with E-state index in [1.54, 1.807) is 0 Å². The van der Waals surface area contributed by atoms with E-state index in [4.69, 9.17) is 0 Å². The van der Waals surface area contributed by atoms with Gasteiger partial charge in [0.1, 0.15) is 0 Å². The monoisotopic (exact) mass is 543 g/mol. The number of hydrogen-bond acceptors (Lipinski definition) is 4. The van der Waals surface area contributed by atoms with Crippen LogP contribution in [0, 0.1) is 0 Å². The van der Waals surface area contributed by atoms with E-state index in [-0.39, 0.29) is 23.7 Å². The normalized spacial score (nSPS) is 24.4. The van der Waals surface area contributed by atoms with Crippen molar-refractivity contribution in [2.45, 2.75) is 154 Å². The Morgan fingerprint density at radius 2 is 1.00 bits per heavy atom. The summed E-state index contributed by atoms with van der Waals surface area (Å²) < 4.78 is 0. The van der Waals surface area contributed by atoms with E-state index < -0.39 is 27.7 Å². The zero-order chi connectivity index (χ0) is 29.8. The Labute approximate surface area is 236 Å². The van der Waals surface area contributed by atoms with Crippen LogP contribution in [0.1, 0.15) is 120 Å². The number of hydrogen-bond donors (Lipinski definition) is 3. The van der Waals surface area contributed by atoms with E-state index in [9.17, 15) is 15.2 Å². The number of carbonyl (C=O) groups excluding carboxylic acids is 1. The molecule has 0 saturated carbocycles. The second-order valence-electron chi connectivity index (χ2n) is 15.6. The maximum absolute atomic E-state index is 13.0. The van der Waals surface area contributed by atoms with Gasteiger partial charge in [0.25, 0.3) is 0 Å². The predicted molar refractivity (Wildman–Crippen MR) is 155 cm³/mol. The lowest BCUT2D eigenvalue weighted by molar-refractivity contribution is -0.290. The zero-order valence-electron chi connectivity index (χ0n) is 26.4. The van der Waals surface area contributed by atoms with Crippen LogP contribution in [0.2, 0.25) is 0 Å². The summed E-state index contributed by atoms with van der Waals surface area (Å²) in [7, 11) is 0. The van der Waals surface area contributed by atoms with Gasteiger partial charge in [-0.25, -0.2) is 4.79 Å². The minimum Gasteiger partial charge on any atom is -0.335 e. The quantitative estimate of drug-likeness (QED) is 0.423. The number of carbonyl (C=O) groups is 1. The first-order valence-corrected chi connectivity index (χ1v) is 14.4. The molecule has 2 aliphatic heterocycles. The predicted octanol–water partition coefficient (Wildman–Crippen LogP) is 5.78. The summed E-state index contributed by atoms with van der Waals surface area (Å²) in [5.74, 6) is 0. The second-order valence-corrected chi connectivity index (χ2v) is 15.6. The number of hydroxylamine groups is 4. The van der Waals surface area contributed by atoms with Crippen molar-refractivity contribution in [2.24, 2.45) is 0 Å². The van der Waals surface area contributed by atoms with E-state index in [2.05, 4.69) is 54.1 Å². The van der Waals surface area contributed by atoms with E-state index in [1.807, 2.05) is 69.2 Å². The second kappa shape index (κ2) is 10.3. The Morgan fingerprint density at radius 3 is 1.38 bits per heavy atom. The smallest absolute Gasteiger partial charge is 0.315 e. The zero-order valence-corrected chi connectivity index (χ0v) is 26.4. The molecule has 1 aromatic carbocycles. The van der Waals surface area contributed by atoms with Gasteiger partial charge in [0.15, 0.2) is 0 Å². The summed E-state index contributed by atoms with van der Waals surface area (Å²) in [6.45, 7) is 24.2. The third-order valence-corrected chi connectivity index (χ3v) is 8.84. The van der Waals surface area contributed by atoms with Crippen LogP contribution in [-0.2, 0) is 21.5 Å². The van der Waals surface area contributed by atoms with Gasteiger partial charge < -0.3 is 16.0 Å². The third-order valence-electron chi connectivity index (χ3n) is 8.84. The van der Waals surface area contributed by atoms with E-state index in [1.165, 1.54) is 10.1 Å². The summed E-state index contributed by atoms with van der Waals surface area (Å²) in [4.78, 5) is 13.0. The molecule has 2 amide bonds. The van der Waals surface area contributed by atoms with Gasteiger partial charge in [-0.2, -0.15) is 0 Å². The highest BCUT2D eigenvalue weighted by Gasteiger charge is 2.48. The Balaban J connectivity index is 1.65. The SMILES string of the molecule is CC(C)(NC(=O)NC1CC(C)(C)N([O])C(C)(C)C1)c1ccc(C(C)(C)NC2CC(C)(C)N([O])C(C)(C)C2)cc1. The average molecular weight is 544 g/mol. The lowest BCUT2D eigenvalue weighted by Gasteiger charge is -2.51. The summed E-state index contributed by atoms with van der Waals surface area (Å²) in [5.41, 5.74) is -0.632. The van der Waals surface area contributed by atoms with Gasteiger partial charge >= 0.3 is 6.03 Å². The van der Waals surface area contributed by atoms with Gasteiger partial charge in [-0.15, -0.1) is 20.5 Å². The Hall–Kier alpha value is -1.71. The number of urea groups is 1. The van der Waals surface area contributed by atoms with E-state index in [0.717, 1.165) is 24.0 Å². The summed E-state index contributed by atoms with van der Waals surface area (Å²) >= 11 is 0. The lowest BCUT2D eigenvalue weighted by Crippen LogP contribution is -2.63. The summed E-state index contributed by atoms with van der Waals surface area (Å²) in [6.07, 6.45) is 2.78. The van der Waals surface area contributed by atoms with Gasteiger partial charge in [0.2, 0.25) is 0 Å². The number of nitrogens with zero attached hydrogens (tertiary/aromatic N) is 2. The van der Waals surface area contributed by atoms with Crippen molar-refractivity contribution in [1.29, 1.82) is 0 Å². The van der Waals surface area contributed by atoms with Crippen LogP contribution in [0.3, 0.4) is 0 Å². The van der Waals surface area contributed by atoms with Crippen LogP contribution >= 0.6 is 0 Å². The highest BCUT2D eigenvalue weighted by atomic mass is 16.5. The molecular formula is C31H53N5O3. The topological polar surface area (TPSA) is 99.4 Å². The molecule has 3 N–H and O–H groups in total. The lowest BCUT2D eigenvalue weighted by atomic mass is 9.77. The maximum atomic E-state index is 13.0. The van der Waals surface area contributed by atoms with Crippen molar-refractivity contribution < 1.29 is 15.2 Å². The molecule has 8 nitrogen and oxygen atoms in total. The standard InChI is InChI=1S/C31H53N5O3/c1-26(2)17-23(18-27(3,4)35(26)38)32-25(37)34-31(11,12)22-15-13-21(14-16-22)30(9,10)33-24-19-28(5,6)36(39)29(7,8)20-24/h13-16,23-24,33H,17-20H2,1-12H3,(H2,32,34,37). The van der Waals surface area contributed by atoms with Crippen LogP contribution < -0.4 is 16.0 Å². The fourth-order valence-corrected chi connectivity index (χ4v) is 7.21. The molecule has 0 aliphatic carbocycles. The first-order valence-electron chi connectivity index (χ1n) is 14.4. The molecule has 8 heteroatoms. The molecule has 0 bridgehead atoms. The van der Waals surface area contributed by atoms with Gasteiger partial charge in [-0.05, 0) is 120 Å². The van der Waals surface area contributed by atoms with Crippen molar-refractivity contribution in [1.82, 2.24) is 26.1 Å². The average Bonchev–Trinajstić information content (AvgIpc) is 2.74. The molecule has 1 aromatic rings. The van der Waals surface area contributed by atoms with Crippen LogP contribution in [-0.4, -0.2) is 50.4 Å². The molecule has 220 valence electrons. The highest BCUT2D eigenvalue weighted by molar-refractivity contribution is 5.75. The van der Waals surface area contributed by atoms with Crippen molar-refractivity contribution in [3.8, 4) is 0 Å². The van der Waals surface area contributed by atoms with Gasteiger partial charge in [-0.3, -0.25) is 0 Å². The number of piperidine rings is 2. The minimum absolute atomic E-state index is 0.0753. The molecular weight excluding hydrogens is 490 g/mol. The molecule has 2 aliphatic rings. The largest absolute Gasteiger partial charge is 0.335 e. The van der Waals surface area contributed by atoms with E-state index in [0.29, 0.717) is 12.8 Å². The number of benzene rings is 1. The summed E-state index contributed by atoms with van der Waals surface area (Å²) in [5, 5.41) is 38.0. The molecule has 0 spiro atoms. The molecule has 0 unspecified atom stereocenters. The van der Waals surface area contributed by atoms with Crippen LogP contribution in [0.25, 0.3) is 0 Å².